The molecule has 0 amide bonds. The summed E-state index contributed by atoms with van der Waals surface area (Å²) in [4.78, 5) is 27.9. The summed E-state index contributed by atoms with van der Waals surface area (Å²) in [6, 6.07) is 33.3. The van der Waals surface area contributed by atoms with Gasteiger partial charge in [0.1, 0.15) is 35.3 Å². The van der Waals surface area contributed by atoms with Crippen molar-refractivity contribution in [3.05, 3.63) is 109 Å². The van der Waals surface area contributed by atoms with Gasteiger partial charge in [-0.15, -0.1) is 0 Å². The second-order valence-corrected chi connectivity index (χ2v) is 16.4. The smallest absolute Gasteiger partial charge is 0.173 e. The lowest BCUT2D eigenvalue weighted by Gasteiger charge is -2.42. The fourth-order valence-electron chi connectivity index (χ4n) is 9.36. The number of ether oxygens (including phenoxy) is 2. The maximum absolute atomic E-state index is 14.5. The van der Waals surface area contributed by atoms with E-state index >= 15 is 0 Å². The summed E-state index contributed by atoms with van der Waals surface area (Å²) in [6.07, 6.45) is 11.6. The van der Waals surface area contributed by atoms with Gasteiger partial charge >= 0.3 is 0 Å². The second-order valence-electron chi connectivity index (χ2n) is 16.4. The third kappa shape index (κ3) is 6.62. The van der Waals surface area contributed by atoms with Crippen molar-refractivity contribution in [2.45, 2.75) is 74.7 Å². The summed E-state index contributed by atoms with van der Waals surface area (Å²) in [5.74, 6) is 3.32. The summed E-state index contributed by atoms with van der Waals surface area (Å²) in [6.45, 7) is 3.62. The highest BCUT2D eigenvalue weighted by atomic mass is 16.5. The summed E-state index contributed by atoms with van der Waals surface area (Å²) in [5.41, 5.74) is 15.8. The zero-order valence-corrected chi connectivity index (χ0v) is 31.7. The van der Waals surface area contributed by atoms with Crippen LogP contribution in [-0.2, 0) is 4.79 Å². The number of nitrogens with zero attached hydrogens (tertiary/aromatic N) is 4. The monoisotopic (exact) mass is 744 g/mol. The highest BCUT2D eigenvalue weighted by Crippen LogP contribution is 2.54. The van der Waals surface area contributed by atoms with Crippen LogP contribution in [0.25, 0.3) is 43.8 Å². The van der Waals surface area contributed by atoms with E-state index in [-0.39, 0.29) is 23.3 Å². The van der Waals surface area contributed by atoms with Gasteiger partial charge < -0.3 is 20.9 Å². The average molecular weight is 745 g/mol. The lowest BCUT2D eigenvalue weighted by molar-refractivity contribution is -0.135. The van der Waals surface area contributed by atoms with Crippen LogP contribution in [0.4, 0.5) is 11.6 Å². The second kappa shape index (κ2) is 13.9. The van der Waals surface area contributed by atoms with E-state index in [9.17, 15) is 4.79 Å². The number of fused-ring (bicyclic) bond motifs is 2. The maximum Gasteiger partial charge on any atom is 0.173 e. The first-order valence-corrected chi connectivity index (χ1v) is 20.2. The van der Waals surface area contributed by atoms with Crippen LogP contribution in [0.15, 0.2) is 109 Å². The normalized spacial score (nSPS) is 19.9. The molecule has 9 heteroatoms. The van der Waals surface area contributed by atoms with Gasteiger partial charge in [0.2, 0.25) is 0 Å². The number of nitrogens with two attached hydrogens (primary N) is 2. The molecule has 56 heavy (non-hydrogen) atoms. The summed E-state index contributed by atoms with van der Waals surface area (Å²) in [7, 11) is 0. The molecular formula is C47H48N6O3. The highest BCUT2D eigenvalue weighted by molar-refractivity contribution is 6.01. The SMILES string of the molecule is Nc1cc2cc(-c3ccc(OC4CCN(C5(C(=O)C6(N7CCC(Oc8ccc(-c9ccc%10cnc(N)cc%10c9)cc8)CC7)CC6)CC5)CC4)cc3)ccc2cn1. The first-order valence-electron chi connectivity index (χ1n) is 20.2. The van der Waals surface area contributed by atoms with Gasteiger partial charge in [0.15, 0.2) is 5.78 Å². The van der Waals surface area contributed by atoms with Crippen molar-refractivity contribution in [2.75, 3.05) is 37.6 Å². The van der Waals surface area contributed by atoms with E-state index in [1.807, 2.05) is 24.5 Å². The quantitative estimate of drug-likeness (QED) is 0.143. The van der Waals surface area contributed by atoms with Crippen LogP contribution in [0, 0.1) is 0 Å². The molecule has 4 heterocycles. The zero-order valence-electron chi connectivity index (χ0n) is 31.7. The zero-order chi connectivity index (χ0) is 37.9. The summed E-state index contributed by atoms with van der Waals surface area (Å²) < 4.78 is 13.0. The fourth-order valence-corrected chi connectivity index (χ4v) is 9.36. The molecule has 2 aliphatic heterocycles. The number of aromatic nitrogens is 2. The van der Waals surface area contributed by atoms with Crippen molar-refractivity contribution in [3.63, 3.8) is 0 Å². The number of benzene rings is 4. The fraction of sp³-hybridized carbons (Fsp3) is 0.340. The third-order valence-corrected chi connectivity index (χ3v) is 12.9. The molecule has 9 nitrogen and oxygen atoms in total. The standard InChI is InChI=1S/C47H48N6O3/c48-43-27-37-25-33(1-3-35(37)29-50-43)31-5-9-39(10-6-31)55-41-13-21-52(22-14-41)46(17-18-46)45(54)47(19-20-47)53-23-15-42(16-24-53)56-40-11-7-32(8-12-40)34-2-4-36-30-51-44(49)28-38(36)26-34/h1-12,25-30,41-42H,13-24H2,(H2,48,50)(H2,49,51). The van der Waals surface area contributed by atoms with E-state index in [0.717, 1.165) is 133 Å². The number of piperidine rings is 2. The molecule has 10 rings (SSSR count). The van der Waals surface area contributed by atoms with Gasteiger partial charge in [-0.05, 0) is 133 Å². The van der Waals surface area contributed by atoms with Gasteiger partial charge in [-0.1, -0.05) is 48.5 Å². The van der Waals surface area contributed by atoms with E-state index in [0.29, 0.717) is 17.4 Å². The Balaban J connectivity index is 0.711. The van der Waals surface area contributed by atoms with E-state index in [1.165, 1.54) is 0 Å². The molecule has 0 unspecified atom stereocenters. The average Bonchev–Trinajstić information content (AvgIpc) is 4.18. The van der Waals surface area contributed by atoms with Crippen molar-refractivity contribution >= 4 is 39.0 Å². The Labute approximate surface area is 327 Å². The number of Topliss-reactive ketones (excluding diaryl/α,β-unsaturated/α-hetero) is 1. The van der Waals surface area contributed by atoms with E-state index in [1.54, 1.807) is 0 Å². The Morgan fingerprint density at radius 3 is 1.27 bits per heavy atom. The molecule has 2 saturated heterocycles. The molecule has 4 aromatic carbocycles. The van der Waals surface area contributed by atoms with Gasteiger partial charge in [-0.25, -0.2) is 9.97 Å². The van der Waals surface area contributed by atoms with Crippen LogP contribution in [-0.4, -0.2) is 75.0 Å². The van der Waals surface area contributed by atoms with Crippen molar-refractivity contribution < 1.29 is 14.3 Å². The van der Waals surface area contributed by atoms with E-state index in [4.69, 9.17) is 20.9 Å². The summed E-state index contributed by atoms with van der Waals surface area (Å²) in [5, 5.41) is 4.31. The van der Waals surface area contributed by atoms with Gasteiger partial charge in [0.25, 0.3) is 0 Å². The largest absolute Gasteiger partial charge is 0.490 e. The number of ketones is 1. The van der Waals surface area contributed by atoms with Crippen molar-refractivity contribution in [1.29, 1.82) is 0 Å². The Morgan fingerprint density at radius 1 is 0.518 bits per heavy atom. The maximum atomic E-state index is 14.5. The number of pyridine rings is 2. The lowest BCUT2D eigenvalue weighted by atomic mass is 9.93. The van der Waals surface area contributed by atoms with E-state index in [2.05, 4.69) is 105 Å². The number of nitrogen functional groups attached to an aromatic ring is 2. The van der Waals surface area contributed by atoms with Gasteiger partial charge in [0, 0.05) is 49.3 Å². The molecule has 0 bridgehead atoms. The van der Waals surface area contributed by atoms with Crippen molar-refractivity contribution in [3.8, 4) is 33.8 Å². The van der Waals surface area contributed by atoms with Gasteiger partial charge in [0.05, 0.1) is 11.1 Å². The number of carbonyl (C=O) groups excluding carboxylic acids is 1. The predicted molar refractivity (Wildman–Crippen MR) is 223 cm³/mol. The van der Waals surface area contributed by atoms with Crippen LogP contribution >= 0.6 is 0 Å². The molecule has 2 aliphatic carbocycles. The number of hydrogen-bond acceptors (Lipinski definition) is 9. The minimum atomic E-state index is -0.284. The number of rotatable bonds is 10. The molecule has 0 spiro atoms. The lowest BCUT2D eigenvalue weighted by Crippen LogP contribution is -2.58. The van der Waals surface area contributed by atoms with Gasteiger partial charge in [-0.3, -0.25) is 14.6 Å². The van der Waals surface area contributed by atoms with Crippen LogP contribution in [0.2, 0.25) is 0 Å². The molecule has 6 aromatic rings. The third-order valence-electron chi connectivity index (χ3n) is 12.9. The van der Waals surface area contributed by atoms with Gasteiger partial charge in [-0.2, -0.15) is 0 Å². The molecule has 4 aliphatic rings. The van der Waals surface area contributed by atoms with Crippen LogP contribution in [0.1, 0.15) is 51.4 Å². The molecule has 2 aromatic heterocycles. The molecule has 4 N–H and O–H groups in total. The molecular weight excluding hydrogens is 697 g/mol. The Bertz CT molecular complexity index is 2240. The predicted octanol–water partition coefficient (Wildman–Crippen LogP) is 8.30. The number of likely N-dealkylation sites (tertiary alicyclic amines) is 2. The van der Waals surface area contributed by atoms with Crippen LogP contribution < -0.4 is 20.9 Å². The summed E-state index contributed by atoms with van der Waals surface area (Å²) >= 11 is 0. The number of carbonyl (C=O) groups is 1. The Kier molecular flexibility index (Phi) is 8.67. The first-order chi connectivity index (χ1) is 27.3. The molecule has 0 radical (unpaired) electrons. The molecule has 0 atom stereocenters. The van der Waals surface area contributed by atoms with Crippen LogP contribution in [0.3, 0.4) is 0 Å². The number of hydrogen-bond donors (Lipinski definition) is 2. The minimum absolute atomic E-state index is 0.153. The molecule has 2 saturated carbocycles. The Morgan fingerprint density at radius 2 is 0.893 bits per heavy atom. The molecule has 284 valence electrons. The highest BCUT2D eigenvalue weighted by Gasteiger charge is 2.66. The first kappa shape index (κ1) is 34.9. The Hall–Kier alpha value is -5.51. The van der Waals surface area contributed by atoms with Crippen molar-refractivity contribution in [2.24, 2.45) is 0 Å². The van der Waals surface area contributed by atoms with E-state index < -0.39 is 0 Å². The minimum Gasteiger partial charge on any atom is -0.490 e. The topological polar surface area (TPSA) is 120 Å². The number of anilines is 2. The van der Waals surface area contributed by atoms with Crippen molar-refractivity contribution in [1.82, 2.24) is 19.8 Å². The molecule has 4 fully saturated rings. The van der Waals surface area contributed by atoms with Crippen LogP contribution in [0.5, 0.6) is 11.5 Å².